The summed E-state index contributed by atoms with van der Waals surface area (Å²) in [6.45, 7) is 1.83. The molecule has 2 aliphatic rings. The normalized spacial score (nSPS) is 21.6. The first kappa shape index (κ1) is 12.9. The fourth-order valence-corrected chi connectivity index (χ4v) is 4.08. The van der Waals surface area contributed by atoms with Crippen LogP contribution in [0, 0.1) is 5.92 Å². The summed E-state index contributed by atoms with van der Waals surface area (Å²) < 4.78 is 0. The molecule has 1 fully saturated rings. The lowest BCUT2D eigenvalue weighted by Gasteiger charge is -2.21. The third-order valence-electron chi connectivity index (χ3n) is 3.91. The highest BCUT2D eigenvalue weighted by Gasteiger charge is 2.19. The second-order valence-electron chi connectivity index (χ2n) is 5.30. The van der Waals surface area contributed by atoms with E-state index < -0.39 is 0 Å². The summed E-state index contributed by atoms with van der Waals surface area (Å²) in [5, 5.41) is 6.48. The second kappa shape index (κ2) is 5.87. The zero-order valence-electron chi connectivity index (χ0n) is 11.1. The summed E-state index contributed by atoms with van der Waals surface area (Å²) >= 11 is 1.99. The van der Waals surface area contributed by atoms with Crippen LogP contribution < -0.4 is 10.6 Å². The van der Waals surface area contributed by atoms with E-state index in [0.717, 1.165) is 37.2 Å². The van der Waals surface area contributed by atoms with E-state index in [1.54, 1.807) is 0 Å². The van der Waals surface area contributed by atoms with Crippen molar-refractivity contribution in [3.05, 3.63) is 29.3 Å². The number of fused-ring (bicyclic) bond motifs is 1. The predicted molar refractivity (Wildman–Crippen MR) is 81.0 cm³/mol. The number of amides is 1. The Kier molecular flexibility index (Phi) is 3.97. The van der Waals surface area contributed by atoms with Gasteiger partial charge in [-0.3, -0.25) is 4.79 Å². The summed E-state index contributed by atoms with van der Waals surface area (Å²) in [5.74, 6) is 3.18. The van der Waals surface area contributed by atoms with Gasteiger partial charge < -0.3 is 10.6 Å². The van der Waals surface area contributed by atoms with E-state index in [1.165, 1.54) is 23.5 Å². The summed E-state index contributed by atoms with van der Waals surface area (Å²) in [5.41, 5.74) is 3.18. The fourth-order valence-electron chi connectivity index (χ4n) is 2.80. The number of benzene rings is 1. The Morgan fingerprint density at radius 3 is 3.26 bits per heavy atom. The minimum Gasteiger partial charge on any atom is -0.385 e. The van der Waals surface area contributed by atoms with Crippen molar-refractivity contribution < 1.29 is 4.79 Å². The van der Waals surface area contributed by atoms with Crippen LogP contribution in [0.15, 0.2) is 18.2 Å². The van der Waals surface area contributed by atoms with E-state index in [2.05, 4.69) is 16.7 Å². The maximum atomic E-state index is 12.3. The number of hydrogen-bond donors (Lipinski definition) is 2. The van der Waals surface area contributed by atoms with Crippen LogP contribution in [0.2, 0.25) is 0 Å². The average Bonchev–Trinajstić information content (AvgIpc) is 2.97. The van der Waals surface area contributed by atoms with E-state index in [9.17, 15) is 4.79 Å². The van der Waals surface area contributed by atoms with Gasteiger partial charge in [0.15, 0.2) is 0 Å². The Hall–Kier alpha value is -1.16. The summed E-state index contributed by atoms with van der Waals surface area (Å²) in [6.07, 6.45) is 3.35. The molecule has 0 spiro atoms. The highest BCUT2D eigenvalue weighted by Crippen LogP contribution is 2.26. The van der Waals surface area contributed by atoms with Crippen LogP contribution in [0.1, 0.15) is 28.8 Å². The van der Waals surface area contributed by atoms with E-state index in [4.69, 9.17) is 0 Å². The van der Waals surface area contributed by atoms with Crippen molar-refractivity contribution in [2.45, 2.75) is 19.3 Å². The number of hydrogen-bond acceptors (Lipinski definition) is 3. The van der Waals surface area contributed by atoms with E-state index >= 15 is 0 Å². The van der Waals surface area contributed by atoms with E-state index in [1.807, 2.05) is 23.9 Å². The van der Waals surface area contributed by atoms with Gasteiger partial charge in [0, 0.05) is 24.3 Å². The van der Waals surface area contributed by atoms with E-state index in [-0.39, 0.29) is 5.91 Å². The van der Waals surface area contributed by atoms with Crippen LogP contribution >= 0.6 is 11.8 Å². The highest BCUT2D eigenvalue weighted by atomic mass is 32.2. The Morgan fingerprint density at radius 2 is 2.42 bits per heavy atom. The molecule has 2 heterocycles. The second-order valence-corrected chi connectivity index (χ2v) is 6.45. The van der Waals surface area contributed by atoms with Crippen molar-refractivity contribution in [2.24, 2.45) is 5.92 Å². The molecule has 2 N–H and O–H groups in total. The quantitative estimate of drug-likeness (QED) is 0.891. The lowest BCUT2D eigenvalue weighted by atomic mass is 9.97. The molecule has 1 saturated heterocycles. The molecule has 4 heteroatoms. The van der Waals surface area contributed by atoms with Gasteiger partial charge in [-0.1, -0.05) is 6.07 Å². The maximum Gasteiger partial charge on any atom is 0.251 e. The number of nitrogens with one attached hydrogen (secondary N) is 2. The van der Waals surface area contributed by atoms with Crippen molar-refractivity contribution in [1.29, 1.82) is 0 Å². The van der Waals surface area contributed by atoms with Gasteiger partial charge in [0.1, 0.15) is 0 Å². The zero-order valence-corrected chi connectivity index (χ0v) is 11.9. The van der Waals surface area contributed by atoms with Gasteiger partial charge in [0.05, 0.1) is 0 Å². The first-order valence-corrected chi connectivity index (χ1v) is 8.22. The average molecular weight is 276 g/mol. The first-order valence-electron chi connectivity index (χ1n) is 7.06. The van der Waals surface area contributed by atoms with Gasteiger partial charge in [-0.25, -0.2) is 0 Å². The van der Waals surface area contributed by atoms with Crippen molar-refractivity contribution in [1.82, 2.24) is 5.32 Å². The monoisotopic (exact) mass is 276 g/mol. The Labute approximate surface area is 118 Å². The topological polar surface area (TPSA) is 41.1 Å². The van der Waals surface area contributed by atoms with Gasteiger partial charge in [0.2, 0.25) is 0 Å². The van der Waals surface area contributed by atoms with Gasteiger partial charge in [-0.05, 0) is 54.4 Å². The van der Waals surface area contributed by atoms with Crippen LogP contribution in [0.3, 0.4) is 0 Å². The van der Waals surface area contributed by atoms with Crippen LogP contribution in [-0.4, -0.2) is 30.5 Å². The van der Waals surface area contributed by atoms with Crippen LogP contribution in [0.4, 0.5) is 5.69 Å². The number of thioether (sulfide) groups is 1. The number of carbonyl (C=O) groups is 1. The first-order chi connectivity index (χ1) is 9.34. The molecule has 19 heavy (non-hydrogen) atoms. The molecule has 3 nitrogen and oxygen atoms in total. The molecule has 1 aromatic carbocycles. The molecule has 0 radical (unpaired) electrons. The van der Waals surface area contributed by atoms with Crippen LogP contribution in [0.25, 0.3) is 0 Å². The minimum atomic E-state index is 0.0949. The molecule has 0 aliphatic carbocycles. The van der Waals surface area contributed by atoms with Crippen molar-refractivity contribution in [3.63, 3.8) is 0 Å². The third-order valence-corrected chi connectivity index (χ3v) is 5.15. The third kappa shape index (κ3) is 2.89. The summed E-state index contributed by atoms with van der Waals surface area (Å²) in [4.78, 5) is 12.3. The zero-order chi connectivity index (χ0) is 13.1. The molecule has 0 bridgehead atoms. The number of rotatable bonds is 3. The molecule has 2 aliphatic heterocycles. The fraction of sp³-hybridized carbons (Fsp3) is 0.533. The smallest absolute Gasteiger partial charge is 0.251 e. The summed E-state index contributed by atoms with van der Waals surface area (Å²) in [7, 11) is 0. The molecule has 1 atom stereocenters. The molecule has 102 valence electrons. The molecule has 1 unspecified atom stereocenters. The highest BCUT2D eigenvalue weighted by molar-refractivity contribution is 7.99. The van der Waals surface area contributed by atoms with E-state index in [0.29, 0.717) is 5.92 Å². The molecule has 3 rings (SSSR count). The SMILES string of the molecule is O=C(NCC1CCSC1)c1cccc2c1CCCN2. The van der Waals surface area contributed by atoms with Crippen LogP contribution in [-0.2, 0) is 6.42 Å². The molecular formula is C15H20N2OS. The van der Waals surface area contributed by atoms with Crippen molar-refractivity contribution in [3.8, 4) is 0 Å². The van der Waals surface area contributed by atoms with Crippen LogP contribution in [0.5, 0.6) is 0 Å². The molecule has 1 aromatic rings. The standard InChI is InChI=1S/C15H20N2OS/c18-15(17-9-11-6-8-19-10-11)13-3-1-5-14-12(13)4-2-7-16-14/h1,3,5,11,16H,2,4,6-10H2,(H,17,18). The maximum absolute atomic E-state index is 12.3. The van der Waals surface area contributed by atoms with Crippen molar-refractivity contribution in [2.75, 3.05) is 29.9 Å². The summed E-state index contributed by atoms with van der Waals surface area (Å²) in [6, 6.07) is 5.99. The predicted octanol–water partition coefficient (Wildman–Crippen LogP) is 2.53. The lowest BCUT2D eigenvalue weighted by molar-refractivity contribution is 0.0947. The van der Waals surface area contributed by atoms with Crippen molar-refractivity contribution >= 4 is 23.4 Å². The number of anilines is 1. The van der Waals surface area contributed by atoms with Gasteiger partial charge in [-0.2, -0.15) is 11.8 Å². The molecule has 0 aromatic heterocycles. The van der Waals surface area contributed by atoms with Gasteiger partial charge in [-0.15, -0.1) is 0 Å². The molecule has 1 amide bonds. The Balaban J connectivity index is 1.68. The Bertz CT molecular complexity index is 469. The molecular weight excluding hydrogens is 256 g/mol. The largest absolute Gasteiger partial charge is 0.385 e. The molecule has 0 saturated carbocycles. The minimum absolute atomic E-state index is 0.0949. The van der Waals surface area contributed by atoms with Gasteiger partial charge >= 0.3 is 0 Å². The Morgan fingerprint density at radius 1 is 1.47 bits per heavy atom. The lowest BCUT2D eigenvalue weighted by Crippen LogP contribution is -2.30. The van der Waals surface area contributed by atoms with Gasteiger partial charge in [0.25, 0.3) is 5.91 Å². The number of carbonyl (C=O) groups excluding carboxylic acids is 1.